The second-order valence-electron chi connectivity index (χ2n) is 6.17. The SMILES string of the molecule is O=C(c1ccc(C(=O)n2nnc3ccccc32)cc1)n1nnc2ccccc21. The van der Waals surface area contributed by atoms with Gasteiger partial charge in [-0.15, -0.1) is 10.2 Å². The molecule has 0 aliphatic carbocycles. The van der Waals surface area contributed by atoms with E-state index in [2.05, 4.69) is 20.6 Å². The average Bonchev–Trinajstić information content (AvgIpc) is 3.37. The molecule has 28 heavy (non-hydrogen) atoms. The first-order chi connectivity index (χ1) is 13.7. The van der Waals surface area contributed by atoms with E-state index in [1.807, 2.05) is 24.3 Å². The summed E-state index contributed by atoms with van der Waals surface area (Å²) in [4.78, 5) is 25.5. The van der Waals surface area contributed by atoms with Crippen LogP contribution in [-0.2, 0) is 0 Å². The fourth-order valence-corrected chi connectivity index (χ4v) is 3.04. The zero-order valence-corrected chi connectivity index (χ0v) is 14.4. The highest BCUT2D eigenvalue weighted by Crippen LogP contribution is 2.15. The smallest absolute Gasteiger partial charge is 0.267 e. The highest BCUT2D eigenvalue weighted by Gasteiger charge is 2.17. The lowest BCUT2D eigenvalue weighted by atomic mass is 10.1. The number of carbonyl (C=O) groups is 2. The van der Waals surface area contributed by atoms with Crippen molar-refractivity contribution >= 4 is 33.9 Å². The Morgan fingerprint density at radius 2 is 0.964 bits per heavy atom. The molecule has 0 fully saturated rings. The van der Waals surface area contributed by atoms with Gasteiger partial charge in [0.2, 0.25) is 0 Å². The first-order valence-electron chi connectivity index (χ1n) is 8.53. The number of rotatable bonds is 2. The van der Waals surface area contributed by atoms with Gasteiger partial charge in [-0.3, -0.25) is 9.59 Å². The lowest BCUT2D eigenvalue weighted by Crippen LogP contribution is -2.16. The van der Waals surface area contributed by atoms with Crippen LogP contribution in [0.5, 0.6) is 0 Å². The quantitative estimate of drug-likeness (QED) is 0.475. The lowest BCUT2D eigenvalue weighted by molar-refractivity contribution is 0.0936. The second kappa shape index (κ2) is 6.20. The molecule has 0 aliphatic heterocycles. The maximum Gasteiger partial charge on any atom is 0.280 e. The molecule has 3 aromatic carbocycles. The van der Waals surface area contributed by atoms with Gasteiger partial charge in [-0.2, -0.15) is 9.36 Å². The number of carbonyl (C=O) groups excluding carboxylic acids is 2. The summed E-state index contributed by atoms with van der Waals surface area (Å²) in [5.74, 6) is -0.641. The van der Waals surface area contributed by atoms with E-state index in [9.17, 15) is 9.59 Å². The Balaban J connectivity index is 1.47. The topological polar surface area (TPSA) is 95.6 Å². The molecule has 0 saturated carbocycles. The number of fused-ring (bicyclic) bond motifs is 2. The minimum Gasteiger partial charge on any atom is -0.267 e. The largest absolute Gasteiger partial charge is 0.280 e. The minimum atomic E-state index is -0.320. The summed E-state index contributed by atoms with van der Waals surface area (Å²) in [5.41, 5.74) is 3.33. The average molecular weight is 368 g/mol. The molecule has 0 amide bonds. The Hall–Kier alpha value is -4.20. The molecule has 134 valence electrons. The number of nitrogens with zero attached hydrogens (tertiary/aromatic N) is 6. The van der Waals surface area contributed by atoms with Crippen LogP contribution in [-0.4, -0.2) is 41.8 Å². The van der Waals surface area contributed by atoms with Gasteiger partial charge in [-0.1, -0.05) is 34.7 Å². The summed E-state index contributed by atoms with van der Waals surface area (Å²) < 4.78 is 2.49. The minimum absolute atomic E-state index is 0.320. The van der Waals surface area contributed by atoms with E-state index in [1.165, 1.54) is 9.36 Å². The fourth-order valence-electron chi connectivity index (χ4n) is 3.04. The van der Waals surface area contributed by atoms with Gasteiger partial charge in [-0.25, -0.2) is 0 Å². The maximum absolute atomic E-state index is 12.8. The van der Waals surface area contributed by atoms with Crippen molar-refractivity contribution in [3.05, 3.63) is 83.9 Å². The van der Waals surface area contributed by atoms with Crippen LogP contribution in [0.4, 0.5) is 0 Å². The van der Waals surface area contributed by atoms with Crippen LogP contribution in [0, 0.1) is 0 Å². The van der Waals surface area contributed by atoms with Gasteiger partial charge < -0.3 is 0 Å². The predicted molar refractivity (Wildman–Crippen MR) is 101 cm³/mol. The first-order valence-corrected chi connectivity index (χ1v) is 8.53. The molecule has 0 N–H and O–H groups in total. The van der Waals surface area contributed by atoms with E-state index >= 15 is 0 Å². The molecule has 8 heteroatoms. The van der Waals surface area contributed by atoms with E-state index in [0.29, 0.717) is 33.2 Å². The van der Waals surface area contributed by atoms with E-state index in [1.54, 1.807) is 48.5 Å². The third-order valence-corrected chi connectivity index (χ3v) is 4.47. The number of hydrogen-bond donors (Lipinski definition) is 0. The van der Waals surface area contributed by atoms with Gasteiger partial charge >= 0.3 is 0 Å². The maximum atomic E-state index is 12.8. The van der Waals surface area contributed by atoms with Gasteiger partial charge in [-0.05, 0) is 48.5 Å². The Morgan fingerprint density at radius 3 is 1.39 bits per heavy atom. The van der Waals surface area contributed by atoms with Gasteiger partial charge in [0.1, 0.15) is 11.0 Å². The normalized spacial score (nSPS) is 11.1. The van der Waals surface area contributed by atoms with Crippen LogP contribution in [0.1, 0.15) is 20.7 Å². The van der Waals surface area contributed by atoms with Crippen molar-refractivity contribution in [3.63, 3.8) is 0 Å². The molecule has 5 rings (SSSR count). The standard InChI is InChI=1S/C20H12N6O2/c27-19(25-17-7-3-1-5-15(17)21-23-25)13-9-11-14(12-10-13)20(28)26-18-8-4-2-6-16(18)22-24-26/h1-12H. The lowest BCUT2D eigenvalue weighted by Gasteiger charge is -2.04. The summed E-state index contributed by atoms with van der Waals surface area (Å²) in [6.07, 6.45) is 0. The molecule has 0 radical (unpaired) electrons. The third kappa shape index (κ3) is 2.47. The van der Waals surface area contributed by atoms with Crippen molar-refractivity contribution in [2.24, 2.45) is 0 Å². The fraction of sp³-hybridized carbons (Fsp3) is 0. The van der Waals surface area contributed by atoms with Crippen LogP contribution in [0.3, 0.4) is 0 Å². The zero-order chi connectivity index (χ0) is 19.1. The van der Waals surface area contributed by atoms with Crippen molar-refractivity contribution in [1.82, 2.24) is 30.0 Å². The highest BCUT2D eigenvalue weighted by molar-refractivity contribution is 6.03. The molecule has 5 aromatic rings. The molecular weight excluding hydrogens is 356 g/mol. The monoisotopic (exact) mass is 368 g/mol. The Labute approximate surface area is 158 Å². The van der Waals surface area contributed by atoms with E-state index in [0.717, 1.165) is 0 Å². The Bertz CT molecular complexity index is 1250. The molecule has 0 unspecified atom stereocenters. The Kier molecular flexibility index (Phi) is 3.55. The van der Waals surface area contributed by atoms with Crippen molar-refractivity contribution in [3.8, 4) is 0 Å². The second-order valence-corrected chi connectivity index (χ2v) is 6.17. The van der Waals surface area contributed by atoms with Crippen LogP contribution in [0.15, 0.2) is 72.8 Å². The van der Waals surface area contributed by atoms with Gasteiger partial charge in [0.15, 0.2) is 0 Å². The molecule has 0 atom stereocenters. The van der Waals surface area contributed by atoms with Crippen molar-refractivity contribution < 1.29 is 9.59 Å². The number of aromatic nitrogens is 6. The summed E-state index contributed by atoms with van der Waals surface area (Å²) in [6, 6.07) is 20.8. The van der Waals surface area contributed by atoms with E-state index in [-0.39, 0.29) is 11.8 Å². The van der Waals surface area contributed by atoms with Gasteiger partial charge in [0.05, 0.1) is 11.0 Å². The molecule has 0 aliphatic rings. The third-order valence-electron chi connectivity index (χ3n) is 4.47. The molecule has 0 spiro atoms. The van der Waals surface area contributed by atoms with Crippen molar-refractivity contribution in [2.75, 3.05) is 0 Å². The highest BCUT2D eigenvalue weighted by atomic mass is 16.2. The summed E-state index contributed by atoms with van der Waals surface area (Å²) in [7, 11) is 0. The zero-order valence-electron chi connectivity index (χ0n) is 14.4. The van der Waals surface area contributed by atoms with Crippen LogP contribution < -0.4 is 0 Å². The molecule has 8 nitrogen and oxygen atoms in total. The first kappa shape index (κ1) is 16.0. The van der Waals surface area contributed by atoms with Crippen LogP contribution in [0.2, 0.25) is 0 Å². The molecule has 2 heterocycles. The number of benzene rings is 3. The van der Waals surface area contributed by atoms with Gasteiger partial charge in [0, 0.05) is 11.1 Å². The van der Waals surface area contributed by atoms with E-state index < -0.39 is 0 Å². The van der Waals surface area contributed by atoms with Gasteiger partial charge in [0.25, 0.3) is 11.8 Å². The predicted octanol–water partition coefficient (Wildman–Crippen LogP) is 2.55. The molecule has 2 aromatic heterocycles. The van der Waals surface area contributed by atoms with Crippen molar-refractivity contribution in [1.29, 1.82) is 0 Å². The van der Waals surface area contributed by atoms with Crippen LogP contribution >= 0.6 is 0 Å². The summed E-state index contributed by atoms with van der Waals surface area (Å²) in [5, 5.41) is 15.8. The Morgan fingerprint density at radius 1 is 0.571 bits per heavy atom. The summed E-state index contributed by atoms with van der Waals surface area (Å²) >= 11 is 0. The number of hydrogen-bond acceptors (Lipinski definition) is 6. The van der Waals surface area contributed by atoms with Crippen LogP contribution in [0.25, 0.3) is 22.1 Å². The van der Waals surface area contributed by atoms with E-state index in [4.69, 9.17) is 0 Å². The van der Waals surface area contributed by atoms with Crippen molar-refractivity contribution in [2.45, 2.75) is 0 Å². The summed E-state index contributed by atoms with van der Waals surface area (Å²) in [6.45, 7) is 0. The molecule has 0 saturated heterocycles. The number of para-hydroxylation sites is 2. The molecular formula is C20H12N6O2. The molecule has 0 bridgehead atoms.